The van der Waals surface area contributed by atoms with Crippen molar-refractivity contribution < 1.29 is 23.8 Å². The Morgan fingerprint density at radius 1 is 0.974 bits per heavy atom. The van der Waals surface area contributed by atoms with E-state index in [2.05, 4.69) is 9.88 Å². The number of piperazine rings is 1. The van der Waals surface area contributed by atoms with Crippen LogP contribution in [0.1, 0.15) is 43.6 Å². The number of pyridine rings is 1. The lowest BCUT2D eigenvalue weighted by molar-refractivity contribution is 0.00331. The van der Waals surface area contributed by atoms with Gasteiger partial charge in [0.25, 0.3) is 5.91 Å². The van der Waals surface area contributed by atoms with E-state index in [-0.39, 0.29) is 18.0 Å². The number of benzene rings is 2. The van der Waals surface area contributed by atoms with Crippen LogP contribution in [0, 0.1) is 6.92 Å². The zero-order valence-corrected chi connectivity index (χ0v) is 22.6. The number of esters is 1. The molecule has 0 spiro atoms. The van der Waals surface area contributed by atoms with Crippen LogP contribution in [0.2, 0.25) is 5.15 Å². The van der Waals surface area contributed by atoms with E-state index < -0.39 is 0 Å². The third kappa shape index (κ3) is 7.10. The maximum Gasteiger partial charge on any atom is 0.337 e. The van der Waals surface area contributed by atoms with Gasteiger partial charge in [0, 0.05) is 44.0 Å². The highest BCUT2D eigenvalue weighted by atomic mass is 35.5. The number of rotatable bonds is 9. The summed E-state index contributed by atoms with van der Waals surface area (Å²) in [4.78, 5) is 33.1. The van der Waals surface area contributed by atoms with Crippen LogP contribution in [0.15, 0.2) is 60.7 Å². The first kappa shape index (κ1) is 27.6. The first-order valence-corrected chi connectivity index (χ1v) is 12.8. The van der Waals surface area contributed by atoms with Gasteiger partial charge in [0.1, 0.15) is 10.9 Å². The van der Waals surface area contributed by atoms with Gasteiger partial charge in [-0.05, 0) is 54.4 Å². The molecule has 1 fully saturated rings. The van der Waals surface area contributed by atoms with E-state index in [9.17, 15) is 9.59 Å². The number of nitrogens with zero attached hydrogens (tertiary/aromatic N) is 3. The maximum absolute atomic E-state index is 13.0. The predicted molar refractivity (Wildman–Crippen MR) is 145 cm³/mol. The molecule has 0 radical (unpaired) electrons. The molecule has 0 bridgehead atoms. The summed E-state index contributed by atoms with van der Waals surface area (Å²) in [5.74, 6) is 0.361. The largest absolute Gasteiger partial charge is 0.497 e. The van der Waals surface area contributed by atoms with Gasteiger partial charge in [-0.25, -0.2) is 9.78 Å². The number of carbonyl (C=O) groups is 2. The standard InChI is InChI=1S/C29H32ClN3O5/c1-20-15-24(17-27(30)31-20)28(34)33-13-11-32(12-14-33)18-26(23-5-4-6-25(16-23)36-2)38-19-21-7-9-22(10-8-21)29(35)37-3/h4-10,15-17,26H,11-14,18-19H2,1-3H3/t26-/m1/s1. The maximum atomic E-state index is 13.0. The highest BCUT2D eigenvalue weighted by Crippen LogP contribution is 2.25. The number of amides is 1. The van der Waals surface area contributed by atoms with Crippen molar-refractivity contribution in [1.82, 2.24) is 14.8 Å². The summed E-state index contributed by atoms with van der Waals surface area (Å²) in [7, 11) is 3.01. The average Bonchev–Trinajstić information content (AvgIpc) is 2.94. The molecule has 8 nitrogen and oxygen atoms in total. The van der Waals surface area contributed by atoms with Gasteiger partial charge in [-0.2, -0.15) is 0 Å². The molecule has 0 aliphatic carbocycles. The Morgan fingerprint density at radius 3 is 2.37 bits per heavy atom. The molecule has 200 valence electrons. The van der Waals surface area contributed by atoms with E-state index in [0.29, 0.717) is 42.5 Å². The van der Waals surface area contributed by atoms with Crippen molar-refractivity contribution in [2.75, 3.05) is 46.9 Å². The molecule has 1 amide bonds. The van der Waals surface area contributed by atoms with Gasteiger partial charge >= 0.3 is 5.97 Å². The Balaban J connectivity index is 1.41. The molecule has 1 aliphatic rings. The SMILES string of the molecule is COC(=O)c1ccc(CO[C@H](CN2CCN(C(=O)c3cc(C)nc(Cl)c3)CC2)c2cccc(OC)c2)cc1. The first-order valence-electron chi connectivity index (χ1n) is 12.4. The number of ether oxygens (including phenoxy) is 3. The van der Waals surface area contributed by atoms with Crippen molar-refractivity contribution in [2.24, 2.45) is 0 Å². The number of hydrogen-bond donors (Lipinski definition) is 0. The lowest BCUT2D eigenvalue weighted by Gasteiger charge is -2.36. The predicted octanol–water partition coefficient (Wildman–Crippen LogP) is 4.55. The molecule has 4 rings (SSSR count). The minimum Gasteiger partial charge on any atom is -0.497 e. The van der Waals surface area contributed by atoms with Gasteiger partial charge in [-0.3, -0.25) is 9.69 Å². The molecule has 38 heavy (non-hydrogen) atoms. The van der Waals surface area contributed by atoms with Gasteiger partial charge < -0.3 is 19.1 Å². The van der Waals surface area contributed by atoms with Crippen LogP contribution in [0.5, 0.6) is 5.75 Å². The van der Waals surface area contributed by atoms with Crippen LogP contribution in [0.4, 0.5) is 0 Å². The quantitative estimate of drug-likeness (QED) is 0.292. The molecule has 1 saturated heterocycles. The molecule has 9 heteroatoms. The third-order valence-electron chi connectivity index (χ3n) is 6.54. The fourth-order valence-electron chi connectivity index (χ4n) is 4.45. The zero-order valence-electron chi connectivity index (χ0n) is 21.9. The van der Waals surface area contributed by atoms with Crippen LogP contribution in [-0.2, 0) is 16.1 Å². The highest BCUT2D eigenvalue weighted by molar-refractivity contribution is 6.29. The average molecular weight is 538 g/mol. The van der Waals surface area contributed by atoms with Crippen molar-refractivity contribution in [3.8, 4) is 5.75 Å². The molecule has 2 aromatic carbocycles. The van der Waals surface area contributed by atoms with Crippen molar-refractivity contribution in [3.63, 3.8) is 0 Å². The van der Waals surface area contributed by atoms with Crippen molar-refractivity contribution in [1.29, 1.82) is 0 Å². The van der Waals surface area contributed by atoms with Crippen molar-refractivity contribution >= 4 is 23.5 Å². The van der Waals surface area contributed by atoms with E-state index in [1.54, 1.807) is 31.4 Å². The van der Waals surface area contributed by atoms with Crippen molar-refractivity contribution in [2.45, 2.75) is 19.6 Å². The first-order chi connectivity index (χ1) is 18.4. The van der Waals surface area contributed by atoms with Crippen LogP contribution >= 0.6 is 11.6 Å². The van der Waals surface area contributed by atoms with Crippen LogP contribution in [0.25, 0.3) is 0 Å². The van der Waals surface area contributed by atoms with Crippen molar-refractivity contribution in [3.05, 3.63) is 93.8 Å². The lowest BCUT2D eigenvalue weighted by atomic mass is 10.1. The lowest BCUT2D eigenvalue weighted by Crippen LogP contribution is -2.49. The molecule has 0 N–H and O–H groups in total. The molecule has 0 unspecified atom stereocenters. The minimum absolute atomic E-state index is 0.0342. The molecule has 1 aliphatic heterocycles. The number of halogens is 1. The van der Waals surface area contributed by atoms with Crippen LogP contribution < -0.4 is 4.74 Å². The van der Waals surface area contributed by atoms with E-state index in [1.165, 1.54) is 7.11 Å². The van der Waals surface area contributed by atoms with E-state index in [1.807, 2.05) is 48.2 Å². The molecule has 1 aromatic heterocycles. The number of aromatic nitrogens is 1. The third-order valence-corrected chi connectivity index (χ3v) is 6.74. The van der Waals surface area contributed by atoms with E-state index >= 15 is 0 Å². The Labute approximate surface area is 228 Å². The molecule has 3 aromatic rings. The molecular weight excluding hydrogens is 506 g/mol. The molecule has 2 heterocycles. The number of hydrogen-bond acceptors (Lipinski definition) is 7. The second-order valence-corrected chi connectivity index (χ2v) is 9.56. The second kappa shape index (κ2) is 12.9. The fraction of sp³-hybridized carbons (Fsp3) is 0.345. The fourth-order valence-corrected chi connectivity index (χ4v) is 4.70. The minimum atomic E-state index is -0.369. The molecule has 1 atom stereocenters. The Bertz CT molecular complexity index is 1240. The summed E-state index contributed by atoms with van der Waals surface area (Å²) in [6.45, 7) is 5.53. The summed E-state index contributed by atoms with van der Waals surface area (Å²) in [5.41, 5.74) is 3.74. The highest BCUT2D eigenvalue weighted by Gasteiger charge is 2.25. The number of aryl methyl sites for hydroxylation is 1. The Hall–Kier alpha value is -3.46. The summed E-state index contributed by atoms with van der Waals surface area (Å²) < 4.78 is 16.6. The summed E-state index contributed by atoms with van der Waals surface area (Å²) in [6.07, 6.45) is -0.214. The molecular formula is C29H32ClN3O5. The summed E-state index contributed by atoms with van der Waals surface area (Å²) in [5, 5.41) is 0.324. The van der Waals surface area contributed by atoms with Crippen LogP contribution in [0.3, 0.4) is 0 Å². The Morgan fingerprint density at radius 2 is 1.71 bits per heavy atom. The smallest absolute Gasteiger partial charge is 0.337 e. The Kier molecular flexibility index (Phi) is 9.33. The number of carbonyl (C=O) groups excluding carboxylic acids is 2. The zero-order chi connectivity index (χ0) is 27.1. The van der Waals surface area contributed by atoms with Gasteiger partial charge in [0.05, 0.1) is 32.5 Å². The summed E-state index contributed by atoms with van der Waals surface area (Å²) >= 11 is 6.06. The van der Waals surface area contributed by atoms with Gasteiger partial charge in [0.15, 0.2) is 0 Å². The monoisotopic (exact) mass is 537 g/mol. The summed E-state index contributed by atoms with van der Waals surface area (Å²) in [6, 6.07) is 18.5. The second-order valence-electron chi connectivity index (χ2n) is 9.18. The normalized spacial score (nSPS) is 14.7. The van der Waals surface area contributed by atoms with Crippen LogP contribution in [-0.4, -0.2) is 73.6 Å². The topological polar surface area (TPSA) is 81.2 Å². The van der Waals surface area contributed by atoms with Gasteiger partial charge in [-0.1, -0.05) is 35.9 Å². The molecule has 0 saturated carbocycles. The van der Waals surface area contributed by atoms with Gasteiger partial charge in [0.2, 0.25) is 0 Å². The van der Waals surface area contributed by atoms with Gasteiger partial charge in [-0.15, -0.1) is 0 Å². The number of methoxy groups -OCH3 is 2. The van der Waals surface area contributed by atoms with E-state index in [4.69, 9.17) is 25.8 Å². The van der Waals surface area contributed by atoms with E-state index in [0.717, 1.165) is 35.7 Å².